The summed E-state index contributed by atoms with van der Waals surface area (Å²) in [4.78, 5) is 0. The van der Waals surface area contributed by atoms with Crippen LogP contribution in [0.2, 0.25) is 0 Å². The van der Waals surface area contributed by atoms with E-state index >= 15 is 0 Å². The lowest BCUT2D eigenvalue weighted by molar-refractivity contribution is 0.227. The van der Waals surface area contributed by atoms with E-state index in [1.165, 1.54) is 0 Å². The van der Waals surface area contributed by atoms with Crippen LogP contribution in [0.25, 0.3) is 0 Å². The van der Waals surface area contributed by atoms with Crippen LogP contribution >= 0.6 is 23.2 Å². The lowest BCUT2D eigenvalue weighted by Gasteiger charge is -2.21. The Kier molecular flexibility index (Phi) is 5.72. The van der Waals surface area contributed by atoms with E-state index in [0.29, 0.717) is 12.2 Å². The van der Waals surface area contributed by atoms with Crippen LogP contribution in [0.4, 0.5) is 0 Å². The van der Waals surface area contributed by atoms with Gasteiger partial charge in [-0.3, -0.25) is 4.55 Å². The molecule has 0 heterocycles. The fraction of sp³-hybridized carbons (Fsp3) is 0.455. The van der Waals surface area contributed by atoms with E-state index in [1.807, 2.05) is 6.07 Å². The van der Waals surface area contributed by atoms with E-state index in [9.17, 15) is 8.42 Å². The molecule has 0 spiro atoms. The third kappa shape index (κ3) is 7.06. The van der Waals surface area contributed by atoms with Gasteiger partial charge in [0.1, 0.15) is 5.75 Å². The smallest absolute Gasteiger partial charge is 0.264 e. The van der Waals surface area contributed by atoms with E-state index in [-0.39, 0.29) is 18.6 Å². The first-order chi connectivity index (χ1) is 8.29. The van der Waals surface area contributed by atoms with Crippen molar-refractivity contribution < 1.29 is 17.7 Å². The van der Waals surface area contributed by atoms with E-state index in [1.54, 1.807) is 24.3 Å². The van der Waals surface area contributed by atoms with Gasteiger partial charge >= 0.3 is 0 Å². The summed E-state index contributed by atoms with van der Waals surface area (Å²) >= 11 is 11.9. The van der Waals surface area contributed by atoms with Crippen LogP contribution in [0.5, 0.6) is 5.75 Å². The van der Waals surface area contributed by atoms with Crippen LogP contribution in [0.15, 0.2) is 30.3 Å². The second-order valence-electron chi connectivity index (χ2n) is 3.80. The quantitative estimate of drug-likeness (QED) is 0.477. The van der Waals surface area contributed by atoms with Crippen LogP contribution in [0, 0.1) is 0 Å². The molecule has 0 saturated heterocycles. The topological polar surface area (TPSA) is 63.6 Å². The number of alkyl halides is 2. The highest BCUT2D eigenvalue weighted by Crippen LogP contribution is 2.31. The lowest BCUT2D eigenvalue weighted by Crippen LogP contribution is -2.22. The number of hydrogen-bond donors (Lipinski definition) is 1. The van der Waals surface area contributed by atoms with Crippen LogP contribution in [0.3, 0.4) is 0 Å². The first-order valence-electron chi connectivity index (χ1n) is 5.36. The largest absolute Gasteiger partial charge is 0.458 e. The van der Waals surface area contributed by atoms with Gasteiger partial charge in [0.05, 0.1) is 5.75 Å². The maximum Gasteiger partial charge on any atom is 0.264 e. The van der Waals surface area contributed by atoms with Gasteiger partial charge in [-0.2, -0.15) is 8.42 Å². The zero-order chi connectivity index (χ0) is 13.6. The molecule has 1 aromatic rings. The number of unbranched alkanes of at least 4 members (excludes halogenated alkanes) is 1. The minimum atomic E-state index is -3.93. The summed E-state index contributed by atoms with van der Waals surface area (Å²) in [6, 6.07) is 8.85. The Morgan fingerprint density at radius 2 is 1.78 bits per heavy atom. The van der Waals surface area contributed by atoms with Crippen molar-refractivity contribution in [2.75, 3.05) is 5.75 Å². The first kappa shape index (κ1) is 15.6. The summed E-state index contributed by atoms with van der Waals surface area (Å²) < 4.78 is 33.5. The highest BCUT2D eigenvalue weighted by molar-refractivity contribution is 7.85. The van der Waals surface area contributed by atoms with Crippen molar-refractivity contribution in [3.63, 3.8) is 0 Å². The average molecular weight is 313 g/mol. The summed E-state index contributed by atoms with van der Waals surface area (Å²) in [6.07, 6.45) is 0.971. The number of rotatable bonds is 7. The van der Waals surface area contributed by atoms with Gasteiger partial charge in [-0.05, 0) is 25.0 Å². The summed E-state index contributed by atoms with van der Waals surface area (Å²) in [6.45, 7) is 0. The molecule has 0 fully saturated rings. The highest BCUT2D eigenvalue weighted by Gasteiger charge is 2.25. The normalized spacial score (nSPS) is 12.4. The molecule has 0 amide bonds. The van der Waals surface area contributed by atoms with Gasteiger partial charge in [0.25, 0.3) is 14.6 Å². The Morgan fingerprint density at radius 1 is 1.17 bits per heavy atom. The molecule has 102 valence electrons. The molecular weight excluding hydrogens is 299 g/mol. The zero-order valence-electron chi connectivity index (χ0n) is 9.55. The Morgan fingerprint density at radius 3 is 2.33 bits per heavy atom. The van der Waals surface area contributed by atoms with E-state index < -0.39 is 14.6 Å². The number of hydrogen-bond acceptors (Lipinski definition) is 3. The summed E-state index contributed by atoms with van der Waals surface area (Å²) in [5.41, 5.74) is 0. The van der Waals surface area contributed by atoms with E-state index in [2.05, 4.69) is 0 Å². The van der Waals surface area contributed by atoms with Crippen molar-refractivity contribution >= 4 is 33.3 Å². The molecule has 1 aromatic carbocycles. The fourth-order valence-corrected chi connectivity index (χ4v) is 2.34. The number of halogens is 2. The van der Waals surface area contributed by atoms with Gasteiger partial charge in [0.15, 0.2) is 0 Å². The first-order valence-corrected chi connectivity index (χ1v) is 7.72. The molecule has 7 heteroatoms. The molecule has 0 radical (unpaired) electrons. The SMILES string of the molecule is O=S(=O)(O)CCCCC(Cl)(Cl)Oc1ccccc1. The molecule has 0 aliphatic carbocycles. The molecule has 0 unspecified atom stereocenters. The maximum absolute atomic E-state index is 10.5. The fourth-order valence-electron chi connectivity index (χ4n) is 1.33. The number of para-hydroxylation sites is 1. The standard InChI is InChI=1S/C11H14Cl2O4S/c12-11(13,8-4-5-9-18(14,15)16)17-10-6-2-1-3-7-10/h1-3,6-7H,4-5,8-9H2,(H,14,15,16). The molecule has 1 rings (SSSR count). The Labute approximate surface area is 117 Å². The molecular formula is C11H14Cl2O4S. The minimum Gasteiger partial charge on any atom is -0.458 e. The van der Waals surface area contributed by atoms with Gasteiger partial charge in [-0.25, -0.2) is 0 Å². The van der Waals surface area contributed by atoms with E-state index in [4.69, 9.17) is 32.5 Å². The van der Waals surface area contributed by atoms with Crippen molar-refractivity contribution in [3.8, 4) is 5.75 Å². The predicted molar refractivity (Wildman–Crippen MR) is 71.8 cm³/mol. The zero-order valence-corrected chi connectivity index (χ0v) is 11.9. The van der Waals surface area contributed by atoms with Gasteiger partial charge in [-0.15, -0.1) is 0 Å². The van der Waals surface area contributed by atoms with Crippen LogP contribution < -0.4 is 4.74 Å². The molecule has 0 bridgehead atoms. The monoisotopic (exact) mass is 312 g/mol. The minimum absolute atomic E-state index is 0.264. The third-order valence-electron chi connectivity index (χ3n) is 2.13. The molecule has 0 aliphatic rings. The summed E-state index contributed by atoms with van der Waals surface area (Å²) in [7, 11) is -3.93. The van der Waals surface area contributed by atoms with Crippen LogP contribution in [0.1, 0.15) is 19.3 Å². The van der Waals surface area contributed by atoms with Crippen LogP contribution in [-0.2, 0) is 10.1 Å². The summed E-state index contributed by atoms with van der Waals surface area (Å²) in [5, 5.41) is 0. The molecule has 18 heavy (non-hydrogen) atoms. The Balaban J connectivity index is 2.36. The molecule has 0 aliphatic heterocycles. The second kappa shape index (κ2) is 6.61. The highest BCUT2D eigenvalue weighted by atomic mass is 35.5. The van der Waals surface area contributed by atoms with Gasteiger partial charge in [0.2, 0.25) is 0 Å². The number of benzene rings is 1. The predicted octanol–water partition coefficient (Wildman–Crippen LogP) is 3.25. The average Bonchev–Trinajstić information content (AvgIpc) is 2.24. The molecule has 0 atom stereocenters. The Hall–Kier alpha value is -0.490. The molecule has 0 aromatic heterocycles. The van der Waals surface area contributed by atoms with Gasteiger partial charge < -0.3 is 4.74 Å². The summed E-state index contributed by atoms with van der Waals surface area (Å²) in [5.74, 6) is 0.236. The second-order valence-corrected chi connectivity index (χ2v) is 6.78. The maximum atomic E-state index is 10.5. The van der Waals surface area contributed by atoms with Crippen molar-refractivity contribution in [1.82, 2.24) is 0 Å². The van der Waals surface area contributed by atoms with Crippen molar-refractivity contribution in [1.29, 1.82) is 0 Å². The van der Waals surface area contributed by atoms with Crippen molar-refractivity contribution in [2.24, 2.45) is 0 Å². The molecule has 4 nitrogen and oxygen atoms in total. The van der Waals surface area contributed by atoms with Crippen molar-refractivity contribution in [2.45, 2.75) is 23.8 Å². The Bertz CT molecular complexity index is 459. The lowest BCUT2D eigenvalue weighted by atomic mass is 10.2. The van der Waals surface area contributed by atoms with Crippen LogP contribution in [-0.4, -0.2) is 23.2 Å². The molecule has 1 N–H and O–H groups in total. The number of ether oxygens (including phenoxy) is 1. The van der Waals surface area contributed by atoms with Crippen molar-refractivity contribution in [3.05, 3.63) is 30.3 Å². The molecule has 0 saturated carbocycles. The van der Waals surface area contributed by atoms with Gasteiger partial charge in [0, 0.05) is 6.42 Å². The third-order valence-corrected chi connectivity index (χ3v) is 3.47. The van der Waals surface area contributed by atoms with Gasteiger partial charge in [-0.1, -0.05) is 41.4 Å². The van der Waals surface area contributed by atoms with E-state index in [0.717, 1.165) is 0 Å².